The minimum absolute atomic E-state index is 0.773. The van der Waals surface area contributed by atoms with Crippen LogP contribution in [0.1, 0.15) is 21.7 Å². The molecular formula is C15H22N2OS2. The van der Waals surface area contributed by atoms with Crippen molar-refractivity contribution < 1.29 is 4.74 Å². The SMILES string of the molecule is Cc1ccc(OCCCN(C)Cc2cc(N)sc2C)s1. The molecule has 5 heteroatoms. The summed E-state index contributed by atoms with van der Waals surface area (Å²) in [5.74, 6) is 0. The Hall–Kier alpha value is -1.04. The van der Waals surface area contributed by atoms with E-state index >= 15 is 0 Å². The lowest BCUT2D eigenvalue weighted by Crippen LogP contribution is -2.20. The Labute approximate surface area is 129 Å². The van der Waals surface area contributed by atoms with Gasteiger partial charge in [0.25, 0.3) is 0 Å². The van der Waals surface area contributed by atoms with Crippen molar-refractivity contribution in [1.29, 1.82) is 0 Å². The molecule has 2 rings (SSSR count). The molecule has 0 aliphatic heterocycles. The first-order valence-corrected chi connectivity index (χ1v) is 8.40. The molecule has 2 heterocycles. The smallest absolute Gasteiger partial charge is 0.173 e. The first-order valence-electron chi connectivity index (χ1n) is 6.77. The quantitative estimate of drug-likeness (QED) is 0.788. The summed E-state index contributed by atoms with van der Waals surface area (Å²) in [5, 5.41) is 1.92. The van der Waals surface area contributed by atoms with E-state index in [-0.39, 0.29) is 0 Å². The van der Waals surface area contributed by atoms with Crippen LogP contribution in [-0.4, -0.2) is 25.1 Å². The van der Waals surface area contributed by atoms with Gasteiger partial charge in [0, 0.05) is 22.8 Å². The number of rotatable bonds is 7. The normalized spacial score (nSPS) is 11.2. The maximum atomic E-state index is 5.82. The Bertz CT molecular complexity index is 548. The van der Waals surface area contributed by atoms with Crippen LogP contribution in [0.5, 0.6) is 5.06 Å². The van der Waals surface area contributed by atoms with Gasteiger partial charge in [-0.25, -0.2) is 0 Å². The van der Waals surface area contributed by atoms with E-state index < -0.39 is 0 Å². The summed E-state index contributed by atoms with van der Waals surface area (Å²) < 4.78 is 5.73. The van der Waals surface area contributed by atoms with Crippen molar-refractivity contribution in [1.82, 2.24) is 4.90 Å². The summed E-state index contributed by atoms with van der Waals surface area (Å²) in [5.41, 5.74) is 7.16. The second-order valence-corrected chi connectivity index (χ2v) is 7.57. The highest BCUT2D eigenvalue weighted by Crippen LogP contribution is 2.25. The van der Waals surface area contributed by atoms with Crippen molar-refractivity contribution in [2.45, 2.75) is 26.8 Å². The van der Waals surface area contributed by atoms with Crippen molar-refractivity contribution >= 4 is 27.7 Å². The van der Waals surface area contributed by atoms with Crippen LogP contribution in [0.4, 0.5) is 5.00 Å². The summed E-state index contributed by atoms with van der Waals surface area (Å²) in [6, 6.07) is 6.22. The Morgan fingerprint density at radius 3 is 2.65 bits per heavy atom. The number of nitrogen functional groups attached to an aromatic ring is 1. The zero-order valence-electron chi connectivity index (χ0n) is 12.3. The van der Waals surface area contributed by atoms with Gasteiger partial charge in [-0.3, -0.25) is 0 Å². The number of aryl methyl sites for hydroxylation is 2. The van der Waals surface area contributed by atoms with Crippen LogP contribution >= 0.6 is 22.7 Å². The van der Waals surface area contributed by atoms with Gasteiger partial charge in [-0.2, -0.15) is 0 Å². The van der Waals surface area contributed by atoms with Gasteiger partial charge in [0.05, 0.1) is 11.6 Å². The van der Waals surface area contributed by atoms with Crippen LogP contribution < -0.4 is 10.5 Å². The second kappa shape index (κ2) is 7.11. The van der Waals surface area contributed by atoms with Crippen LogP contribution in [0.2, 0.25) is 0 Å². The van der Waals surface area contributed by atoms with E-state index in [9.17, 15) is 0 Å². The molecular weight excluding hydrogens is 288 g/mol. The number of ether oxygens (including phenoxy) is 1. The molecule has 2 aromatic heterocycles. The lowest BCUT2D eigenvalue weighted by atomic mass is 10.2. The summed E-state index contributed by atoms with van der Waals surface area (Å²) in [6.45, 7) is 6.98. The van der Waals surface area contributed by atoms with E-state index in [0.717, 1.165) is 36.2 Å². The molecule has 0 saturated heterocycles. The number of hydrogen-bond acceptors (Lipinski definition) is 5. The van der Waals surface area contributed by atoms with Crippen LogP contribution in [0, 0.1) is 13.8 Å². The predicted molar refractivity (Wildman–Crippen MR) is 89.0 cm³/mol. The Morgan fingerprint density at radius 2 is 2.05 bits per heavy atom. The van der Waals surface area contributed by atoms with Crippen LogP contribution in [-0.2, 0) is 6.54 Å². The van der Waals surface area contributed by atoms with E-state index in [1.165, 1.54) is 15.3 Å². The maximum Gasteiger partial charge on any atom is 0.173 e. The minimum atomic E-state index is 0.773. The third-order valence-corrected chi connectivity index (χ3v) is 4.96. The first kappa shape index (κ1) is 15.4. The molecule has 0 spiro atoms. The molecule has 2 aromatic rings. The van der Waals surface area contributed by atoms with Crippen molar-refractivity contribution in [2.24, 2.45) is 0 Å². The van der Waals surface area contributed by atoms with Gasteiger partial charge in [0.2, 0.25) is 0 Å². The fraction of sp³-hybridized carbons (Fsp3) is 0.467. The lowest BCUT2D eigenvalue weighted by molar-refractivity contribution is 0.263. The number of hydrogen-bond donors (Lipinski definition) is 1. The molecule has 0 fully saturated rings. The Morgan fingerprint density at radius 1 is 1.25 bits per heavy atom. The molecule has 3 nitrogen and oxygen atoms in total. The number of anilines is 1. The highest BCUT2D eigenvalue weighted by molar-refractivity contribution is 7.16. The van der Waals surface area contributed by atoms with Gasteiger partial charge in [0.1, 0.15) is 0 Å². The summed E-state index contributed by atoms with van der Waals surface area (Å²) in [4.78, 5) is 4.93. The average Bonchev–Trinajstić information content (AvgIpc) is 2.92. The molecule has 20 heavy (non-hydrogen) atoms. The minimum Gasteiger partial charge on any atom is -0.484 e. The van der Waals surface area contributed by atoms with Crippen molar-refractivity contribution in [3.05, 3.63) is 33.5 Å². The summed E-state index contributed by atoms with van der Waals surface area (Å²) >= 11 is 3.37. The van der Waals surface area contributed by atoms with Gasteiger partial charge in [-0.1, -0.05) is 0 Å². The van der Waals surface area contributed by atoms with Gasteiger partial charge in [0.15, 0.2) is 5.06 Å². The molecule has 0 atom stereocenters. The molecule has 2 N–H and O–H groups in total. The number of nitrogens with two attached hydrogens (primary N) is 1. The summed E-state index contributed by atoms with van der Waals surface area (Å²) in [6.07, 6.45) is 1.03. The van der Waals surface area contributed by atoms with Gasteiger partial charge >= 0.3 is 0 Å². The molecule has 0 amide bonds. The highest BCUT2D eigenvalue weighted by atomic mass is 32.1. The molecule has 0 aromatic carbocycles. The van der Waals surface area contributed by atoms with Crippen molar-refractivity contribution in [3.8, 4) is 5.06 Å². The van der Waals surface area contributed by atoms with Crippen molar-refractivity contribution in [3.63, 3.8) is 0 Å². The Kier molecular flexibility index (Phi) is 5.46. The zero-order valence-corrected chi connectivity index (χ0v) is 13.9. The topological polar surface area (TPSA) is 38.5 Å². The fourth-order valence-corrected chi connectivity index (χ4v) is 3.61. The van der Waals surface area contributed by atoms with Crippen molar-refractivity contribution in [2.75, 3.05) is 25.9 Å². The van der Waals surface area contributed by atoms with Crippen LogP contribution in [0.3, 0.4) is 0 Å². The largest absolute Gasteiger partial charge is 0.484 e. The van der Waals surface area contributed by atoms with Gasteiger partial charge in [-0.05, 0) is 51.1 Å². The molecule has 0 unspecified atom stereocenters. The molecule has 0 aliphatic rings. The third kappa shape index (κ3) is 4.51. The second-order valence-electron chi connectivity index (χ2n) is 5.04. The standard InChI is InChI=1S/C15H22N2OS2/c1-11-5-6-15(19-11)18-8-4-7-17(3)10-13-9-14(16)20-12(13)2/h5-6,9H,4,7-8,10,16H2,1-3H3. The van der Waals surface area contributed by atoms with E-state index in [0.29, 0.717) is 0 Å². The molecule has 0 radical (unpaired) electrons. The Balaban J connectivity index is 1.67. The zero-order chi connectivity index (χ0) is 14.5. The van der Waals surface area contributed by atoms with E-state index in [4.69, 9.17) is 10.5 Å². The maximum absolute atomic E-state index is 5.82. The van der Waals surface area contributed by atoms with Crippen LogP contribution in [0.25, 0.3) is 0 Å². The molecule has 110 valence electrons. The van der Waals surface area contributed by atoms with E-state index in [2.05, 4.69) is 37.9 Å². The van der Waals surface area contributed by atoms with Gasteiger partial charge < -0.3 is 15.4 Å². The van der Waals surface area contributed by atoms with E-state index in [1.807, 2.05) is 6.07 Å². The molecule has 0 aliphatic carbocycles. The first-order chi connectivity index (χ1) is 9.54. The number of thiophene rings is 2. The molecule has 0 saturated carbocycles. The molecule has 0 bridgehead atoms. The van der Waals surface area contributed by atoms with E-state index in [1.54, 1.807) is 22.7 Å². The van der Waals surface area contributed by atoms with Crippen LogP contribution in [0.15, 0.2) is 18.2 Å². The lowest BCUT2D eigenvalue weighted by Gasteiger charge is -2.16. The predicted octanol–water partition coefficient (Wildman–Crippen LogP) is 3.91. The number of nitrogens with zero attached hydrogens (tertiary/aromatic N) is 1. The monoisotopic (exact) mass is 310 g/mol. The fourth-order valence-electron chi connectivity index (χ4n) is 2.07. The highest BCUT2D eigenvalue weighted by Gasteiger charge is 2.06. The summed E-state index contributed by atoms with van der Waals surface area (Å²) in [7, 11) is 2.14. The third-order valence-electron chi connectivity index (χ3n) is 3.12. The average molecular weight is 310 g/mol. The van der Waals surface area contributed by atoms with Gasteiger partial charge in [-0.15, -0.1) is 22.7 Å².